The monoisotopic (exact) mass is 760 g/mol. The van der Waals surface area contributed by atoms with E-state index in [-0.39, 0.29) is 11.6 Å². The summed E-state index contributed by atoms with van der Waals surface area (Å²) in [6.07, 6.45) is 1.54. The molecule has 0 spiro atoms. The molecule has 1 heterocycles. The van der Waals surface area contributed by atoms with E-state index in [0.29, 0.717) is 45.5 Å². The first-order chi connectivity index (χ1) is 27.4. The molecular weight excluding hydrogens is 725 g/mol. The number of hydrogen-bond donors (Lipinski definition) is 3. The second-order valence-corrected chi connectivity index (χ2v) is 13.6. The number of rotatable bonds is 13. The Bertz CT molecular complexity index is 2470. The average Bonchev–Trinajstić information content (AvgIpc) is 3.68. The number of carbonyl (C=O) groups excluding carboxylic acids is 3. The summed E-state index contributed by atoms with van der Waals surface area (Å²) in [7, 11) is 3.02. The van der Waals surface area contributed by atoms with Crippen LogP contribution in [0.25, 0.3) is 28.6 Å². The average molecular weight is 761 g/mol. The molecule has 3 amide bonds. The highest BCUT2D eigenvalue weighted by molar-refractivity contribution is 8.00. The SMILES string of the molecule is COc1cccc(/C=C(\NC(=O)c2ccccc2)C(=O)Nc2ccc(SC(C(=O)Nc3ccc(-c4nc5ccccc5o4)cc3)c3ccccc3)cc2)c1OC. The number of nitrogens with one attached hydrogen (secondary N) is 3. The molecule has 0 saturated heterocycles. The van der Waals surface area contributed by atoms with Crippen LogP contribution >= 0.6 is 11.8 Å². The highest BCUT2D eigenvalue weighted by Crippen LogP contribution is 2.37. The van der Waals surface area contributed by atoms with Gasteiger partial charge in [-0.15, -0.1) is 11.8 Å². The largest absolute Gasteiger partial charge is 0.493 e. The first-order valence-corrected chi connectivity index (χ1v) is 18.5. The molecule has 0 fully saturated rings. The van der Waals surface area contributed by atoms with Gasteiger partial charge < -0.3 is 29.8 Å². The fourth-order valence-electron chi connectivity index (χ4n) is 5.88. The lowest BCUT2D eigenvalue weighted by atomic mass is 10.1. The lowest BCUT2D eigenvalue weighted by Gasteiger charge is -2.18. The fourth-order valence-corrected chi connectivity index (χ4v) is 6.90. The number of amides is 3. The number of ether oxygens (including phenoxy) is 2. The zero-order valence-corrected chi connectivity index (χ0v) is 31.2. The molecule has 0 aliphatic carbocycles. The third-order valence-electron chi connectivity index (χ3n) is 8.66. The van der Waals surface area contributed by atoms with Gasteiger partial charge in [0, 0.05) is 33.0 Å². The van der Waals surface area contributed by atoms with Crippen molar-refractivity contribution in [2.24, 2.45) is 0 Å². The van der Waals surface area contributed by atoms with E-state index in [2.05, 4.69) is 20.9 Å². The Labute approximate surface area is 327 Å². The van der Waals surface area contributed by atoms with Crippen LogP contribution in [0.4, 0.5) is 11.4 Å². The maximum absolute atomic E-state index is 13.8. The van der Waals surface area contributed by atoms with Crippen molar-refractivity contribution < 1.29 is 28.3 Å². The fraction of sp³-hybridized carbons (Fsp3) is 0.0667. The van der Waals surface area contributed by atoms with Crippen molar-refractivity contribution in [3.05, 3.63) is 174 Å². The third kappa shape index (κ3) is 8.81. The van der Waals surface area contributed by atoms with Gasteiger partial charge in [0.1, 0.15) is 16.5 Å². The number of hydrogen-bond acceptors (Lipinski definition) is 8. The molecule has 0 saturated carbocycles. The second kappa shape index (κ2) is 17.4. The summed E-state index contributed by atoms with van der Waals surface area (Å²) >= 11 is 1.38. The lowest BCUT2D eigenvalue weighted by molar-refractivity contribution is -0.116. The highest BCUT2D eigenvalue weighted by atomic mass is 32.2. The number of benzene rings is 6. The van der Waals surface area contributed by atoms with E-state index in [0.717, 1.165) is 21.5 Å². The lowest BCUT2D eigenvalue weighted by Crippen LogP contribution is -2.30. The Hall–Kier alpha value is -7.11. The molecule has 11 heteroatoms. The number of fused-ring (bicyclic) bond motifs is 1. The van der Waals surface area contributed by atoms with Crippen LogP contribution in [0.1, 0.15) is 26.7 Å². The van der Waals surface area contributed by atoms with Crippen LogP contribution in [-0.4, -0.2) is 36.9 Å². The van der Waals surface area contributed by atoms with Crippen LogP contribution in [-0.2, 0) is 9.59 Å². The van der Waals surface area contributed by atoms with Crippen LogP contribution in [0.5, 0.6) is 11.5 Å². The zero-order chi connectivity index (χ0) is 38.9. The van der Waals surface area contributed by atoms with Gasteiger partial charge in [-0.2, -0.15) is 0 Å². The van der Waals surface area contributed by atoms with E-state index < -0.39 is 17.1 Å². The molecule has 56 heavy (non-hydrogen) atoms. The molecule has 7 aromatic rings. The minimum atomic E-state index is -0.589. The number of aromatic nitrogens is 1. The minimum absolute atomic E-state index is 0.00782. The molecule has 3 N–H and O–H groups in total. The predicted octanol–water partition coefficient (Wildman–Crippen LogP) is 9.39. The first-order valence-electron chi connectivity index (χ1n) is 17.6. The molecule has 1 unspecified atom stereocenters. The summed E-state index contributed by atoms with van der Waals surface area (Å²) in [5.74, 6) is 0.172. The molecule has 0 radical (unpaired) electrons. The van der Waals surface area contributed by atoms with Crippen molar-refractivity contribution in [2.75, 3.05) is 24.9 Å². The van der Waals surface area contributed by atoms with Gasteiger partial charge in [-0.3, -0.25) is 14.4 Å². The topological polar surface area (TPSA) is 132 Å². The van der Waals surface area contributed by atoms with Crippen LogP contribution < -0.4 is 25.4 Å². The highest BCUT2D eigenvalue weighted by Gasteiger charge is 2.23. The number of para-hydroxylation sites is 3. The van der Waals surface area contributed by atoms with E-state index in [1.807, 2.05) is 91.0 Å². The summed E-state index contributed by atoms with van der Waals surface area (Å²) in [5.41, 5.74) is 5.12. The molecule has 7 rings (SSSR count). The number of anilines is 2. The Morgan fingerprint density at radius 2 is 1.36 bits per heavy atom. The molecule has 10 nitrogen and oxygen atoms in total. The zero-order valence-electron chi connectivity index (χ0n) is 30.4. The van der Waals surface area contributed by atoms with Crippen molar-refractivity contribution in [2.45, 2.75) is 10.1 Å². The standard InChI is InChI=1S/C45H36N4O6S/c1-53-39-19-11-16-32(40(39)54-2)28-37(48-42(50)30-14-7-4-8-15-30)43(51)46-34-24-26-35(27-25-34)56-41(29-12-5-3-6-13-29)44(52)47-33-22-20-31(21-23-33)45-49-36-17-9-10-18-38(36)55-45/h3-28,41H,1-2H3,(H,46,51)(H,47,52)(H,48,50)/b37-28-. The maximum Gasteiger partial charge on any atom is 0.272 e. The quantitative estimate of drug-likeness (QED) is 0.0783. The summed E-state index contributed by atoms with van der Waals surface area (Å²) in [4.78, 5) is 46.1. The number of oxazole rings is 1. The van der Waals surface area contributed by atoms with Crippen LogP contribution in [0.15, 0.2) is 167 Å². The first kappa shape index (κ1) is 37.2. The van der Waals surface area contributed by atoms with Crippen molar-refractivity contribution in [3.63, 3.8) is 0 Å². The smallest absolute Gasteiger partial charge is 0.272 e. The van der Waals surface area contributed by atoms with E-state index in [1.165, 1.54) is 32.1 Å². The summed E-state index contributed by atoms with van der Waals surface area (Å²) in [6.45, 7) is 0. The molecule has 1 aromatic heterocycles. The third-order valence-corrected chi connectivity index (χ3v) is 9.93. The molecule has 1 atom stereocenters. The molecule has 0 bridgehead atoms. The predicted molar refractivity (Wildman–Crippen MR) is 220 cm³/mol. The van der Waals surface area contributed by atoms with Crippen molar-refractivity contribution >= 4 is 58.0 Å². The Morgan fingerprint density at radius 3 is 2.05 bits per heavy atom. The molecular formula is C45H36N4O6S. The van der Waals surface area contributed by atoms with Crippen LogP contribution in [0.2, 0.25) is 0 Å². The van der Waals surface area contributed by atoms with Gasteiger partial charge in [0.25, 0.3) is 11.8 Å². The van der Waals surface area contributed by atoms with E-state index >= 15 is 0 Å². The van der Waals surface area contributed by atoms with Crippen molar-refractivity contribution in [3.8, 4) is 23.0 Å². The van der Waals surface area contributed by atoms with Gasteiger partial charge in [-0.25, -0.2) is 4.98 Å². The summed E-state index contributed by atoms with van der Waals surface area (Å²) in [5, 5.41) is 8.10. The number of methoxy groups -OCH3 is 2. The van der Waals surface area contributed by atoms with Crippen LogP contribution in [0, 0.1) is 0 Å². The van der Waals surface area contributed by atoms with Gasteiger partial charge in [0.15, 0.2) is 17.1 Å². The normalized spacial score (nSPS) is 11.7. The molecule has 6 aromatic carbocycles. The van der Waals surface area contributed by atoms with E-state index in [1.54, 1.807) is 60.7 Å². The molecule has 0 aliphatic heterocycles. The minimum Gasteiger partial charge on any atom is -0.493 e. The van der Waals surface area contributed by atoms with Crippen LogP contribution in [0.3, 0.4) is 0 Å². The van der Waals surface area contributed by atoms with Crippen molar-refractivity contribution in [1.29, 1.82) is 0 Å². The van der Waals surface area contributed by atoms with Gasteiger partial charge in [0.2, 0.25) is 11.8 Å². The Balaban J connectivity index is 1.07. The van der Waals surface area contributed by atoms with Gasteiger partial charge >= 0.3 is 0 Å². The van der Waals surface area contributed by atoms with Gasteiger partial charge in [0.05, 0.1) is 14.2 Å². The van der Waals surface area contributed by atoms with E-state index in [9.17, 15) is 14.4 Å². The van der Waals surface area contributed by atoms with E-state index in [4.69, 9.17) is 13.9 Å². The Morgan fingerprint density at radius 1 is 0.696 bits per heavy atom. The summed E-state index contributed by atoms with van der Waals surface area (Å²) < 4.78 is 16.9. The number of nitrogens with zero attached hydrogens (tertiary/aromatic N) is 1. The van der Waals surface area contributed by atoms with Gasteiger partial charge in [-0.1, -0.05) is 72.8 Å². The Kier molecular flexibility index (Phi) is 11.5. The van der Waals surface area contributed by atoms with Crippen molar-refractivity contribution in [1.82, 2.24) is 10.3 Å². The molecule has 0 aliphatic rings. The number of carbonyl (C=O) groups is 3. The molecule has 278 valence electrons. The maximum atomic E-state index is 13.8. The second-order valence-electron chi connectivity index (χ2n) is 12.4. The van der Waals surface area contributed by atoms with Gasteiger partial charge in [-0.05, 0) is 90.5 Å². The number of thioether (sulfide) groups is 1. The summed E-state index contributed by atoms with van der Waals surface area (Å²) in [6, 6.07) is 45.5.